The van der Waals surface area contributed by atoms with E-state index in [2.05, 4.69) is 43.4 Å². The molecular weight excluding hydrogens is 230 g/mol. The average Bonchev–Trinajstić information content (AvgIpc) is 2.45. The van der Waals surface area contributed by atoms with Crippen molar-refractivity contribution in [2.45, 2.75) is 58.3 Å². The van der Waals surface area contributed by atoms with Crippen LogP contribution in [0.1, 0.15) is 63.0 Å². The van der Waals surface area contributed by atoms with Gasteiger partial charge in [0, 0.05) is 0 Å². The maximum atomic E-state index is 3.64. The second kappa shape index (κ2) is 7.69. The number of hydrogen-bond donors (Lipinski definition) is 1. The van der Waals surface area contributed by atoms with E-state index in [0.29, 0.717) is 5.92 Å². The molecule has 1 nitrogen and oxygen atoms in total. The third-order valence-electron chi connectivity index (χ3n) is 4.39. The molecule has 1 aromatic rings. The van der Waals surface area contributed by atoms with Gasteiger partial charge in [-0.1, -0.05) is 57.4 Å². The smallest absolute Gasteiger partial charge is 0.000824 e. The fourth-order valence-electron chi connectivity index (χ4n) is 3.00. The molecule has 0 unspecified atom stereocenters. The maximum absolute atomic E-state index is 3.64. The van der Waals surface area contributed by atoms with Gasteiger partial charge in [-0.05, 0) is 55.3 Å². The molecule has 1 heteroatoms. The largest absolute Gasteiger partial charge is 0.316 e. The first-order valence-corrected chi connectivity index (χ1v) is 8.05. The van der Waals surface area contributed by atoms with Gasteiger partial charge >= 0.3 is 0 Å². The molecule has 0 radical (unpaired) electrons. The van der Waals surface area contributed by atoms with Crippen LogP contribution in [0.25, 0.3) is 0 Å². The Bertz CT molecular complexity index is 346. The first-order chi connectivity index (χ1) is 9.25. The summed E-state index contributed by atoms with van der Waals surface area (Å²) in [5, 5.41) is 3.64. The normalized spacial score (nSPS) is 17.0. The van der Waals surface area contributed by atoms with Crippen molar-refractivity contribution in [2.75, 3.05) is 13.1 Å². The summed E-state index contributed by atoms with van der Waals surface area (Å²) in [4.78, 5) is 0. The summed E-state index contributed by atoms with van der Waals surface area (Å²) in [5.74, 6) is 1.58. The van der Waals surface area contributed by atoms with Crippen LogP contribution in [0.2, 0.25) is 0 Å². The summed E-state index contributed by atoms with van der Waals surface area (Å²) in [6.45, 7) is 6.85. The van der Waals surface area contributed by atoms with Gasteiger partial charge in [-0.3, -0.25) is 0 Å². The molecule has 0 atom stereocenters. The highest BCUT2D eigenvalue weighted by Gasteiger charge is 2.12. The molecule has 19 heavy (non-hydrogen) atoms. The van der Waals surface area contributed by atoms with Gasteiger partial charge in [-0.2, -0.15) is 0 Å². The Kier molecular flexibility index (Phi) is 5.91. The summed E-state index contributed by atoms with van der Waals surface area (Å²) in [7, 11) is 0. The van der Waals surface area contributed by atoms with E-state index >= 15 is 0 Å². The Balaban J connectivity index is 1.64. The van der Waals surface area contributed by atoms with Crippen LogP contribution in [-0.2, 0) is 6.42 Å². The average molecular weight is 259 g/mol. The predicted molar refractivity (Wildman–Crippen MR) is 83.7 cm³/mol. The number of nitrogens with one attached hydrogen (secondary N) is 1. The third kappa shape index (κ3) is 4.99. The van der Waals surface area contributed by atoms with Crippen LogP contribution in [0.4, 0.5) is 0 Å². The van der Waals surface area contributed by atoms with E-state index in [0.717, 1.165) is 18.9 Å². The summed E-state index contributed by atoms with van der Waals surface area (Å²) >= 11 is 0. The minimum atomic E-state index is 0.637. The first kappa shape index (κ1) is 14.6. The van der Waals surface area contributed by atoms with Gasteiger partial charge in [0.15, 0.2) is 0 Å². The van der Waals surface area contributed by atoms with Crippen molar-refractivity contribution in [3.05, 3.63) is 35.4 Å². The molecule has 1 saturated carbocycles. The van der Waals surface area contributed by atoms with Gasteiger partial charge in [-0.25, -0.2) is 0 Å². The molecule has 0 heterocycles. The van der Waals surface area contributed by atoms with E-state index in [9.17, 15) is 0 Å². The fraction of sp³-hybridized carbons (Fsp3) is 0.667. The zero-order chi connectivity index (χ0) is 13.5. The van der Waals surface area contributed by atoms with Crippen LogP contribution in [0.3, 0.4) is 0 Å². The third-order valence-corrected chi connectivity index (χ3v) is 4.39. The first-order valence-electron chi connectivity index (χ1n) is 8.05. The summed E-state index contributed by atoms with van der Waals surface area (Å²) in [6, 6.07) is 9.14. The van der Waals surface area contributed by atoms with Gasteiger partial charge < -0.3 is 5.32 Å². The second-order valence-corrected chi connectivity index (χ2v) is 6.35. The minimum Gasteiger partial charge on any atom is -0.316 e. The zero-order valence-electron chi connectivity index (χ0n) is 12.6. The molecule has 0 bridgehead atoms. The van der Waals surface area contributed by atoms with Crippen LogP contribution in [0, 0.1) is 5.92 Å². The van der Waals surface area contributed by atoms with E-state index in [1.165, 1.54) is 49.8 Å². The van der Waals surface area contributed by atoms with Crippen LogP contribution in [-0.4, -0.2) is 13.1 Å². The molecule has 1 fully saturated rings. The van der Waals surface area contributed by atoms with Gasteiger partial charge in [0.25, 0.3) is 0 Å². The quantitative estimate of drug-likeness (QED) is 0.741. The number of hydrogen-bond acceptors (Lipinski definition) is 1. The molecule has 106 valence electrons. The highest BCUT2D eigenvalue weighted by Crippen LogP contribution is 2.22. The van der Waals surface area contributed by atoms with Crippen molar-refractivity contribution in [3.63, 3.8) is 0 Å². The molecule has 2 rings (SSSR count). The molecular formula is C18H29N. The van der Waals surface area contributed by atoms with Crippen LogP contribution >= 0.6 is 0 Å². The number of rotatable bonds is 6. The molecule has 1 N–H and O–H groups in total. The standard InChI is InChI=1S/C18H29N/c1-15(2)18-10-8-16(9-11-18)12-13-19-14-17-6-4-3-5-7-17/h8-11,15,17,19H,3-7,12-14H2,1-2H3. The highest BCUT2D eigenvalue weighted by atomic mass is 14.9. The van der Waals surface area contributed by atoms with Crippen molar-refractivity contribution in [1.29, 1.82) is 0 Å². The second-order valence-electron chi connectivity index (χ2n) is 6.35. The molecule has 1 aliphatic carbocycles. The topological polar surface area (TPSA) is 12.0 Å². The van der Waals surface area contributed by atoms with E-state index in [-0.39, 0.29) is 0 Å². The fourth-order valence-corrected chi connectivity index (χ4v) is 3.00. The monoisotopic (exact) mass is 259 g/mol. The molecule has 0 amide bonds. The van der Waals surface area contributed by atoms with Gasteiger partial charge in [-0.15, -0.1) is 0 Å². The summed E-state index contributed by atoms with van der Waals surface area (Å²) in [5.41, 5.74) is 2.90. The Morgan fingerprint density at radius 1 is 1.05 bits per heavy atom. The predicted octanol–water partition coefficient (Wildman–Crippen LogP) is 4.52. The maximum Gasteiger partial charge on any atom is -0.000824 e. The van der Waals surface area contributed by atoms with Crippen LogP contribution < -0.4 is 5.32 Å². The Labute approximate surface area is 118 Å². The molecule has 0 spiro atoms. The van der Waals surface area contributed by atoms with Crippen molar-refractivity contribution >= 4 is 0 Å². The SMILES string of the molecule is CC(C)c1ccc(CCNCC2CCCCC2)cc1. The van der Waals surface area contributed by atoms with E-state index in [1.807, 2.05) is 0 Å². The van der Waals surface area contributed by atoms with Crippen molar-refractivity contribution in [1.82, 2.24) is 5.32 Å². The lowest BCUT2D eigenvalue weighted by atomic mass is 9.89. The molecule has 1 aromatic carbocycles. The van der Waals surface area contributed by atoms with Crippen LogP contribution in [0.5, 0.6) is 0 Å². The minimum absolute atomic E-state index is 0.637. The Morgan fingerprint density at radius 3 is 2.37 bits per heavy atom. The molecule has 0 saturated heterocycles. The Hall–Kier alpha value is -0.820. The van der Waals surface area contributed by atoms with Crippen molar-refractivity contribution in [2.24, 2.45) is 5.92 Å². The van der Waals surface area contributed by atoms with Gasteiger partial charge in [0.1, 0.15) is 0 Å². The lowest BCUT2D eigenvalue weighted by Crippen LogP contribution is -2.26. The Morgan fingerprint density at radius 2 is 1.74 bits per heavy atom. The van der Waals surface area contributed by atoms with Crippen LogP contribution in [0.15, 0.2) is 24.3 Å². The zero-order valence-corrected chi connectivity index (χ0v) is 12.6. The molecule has 0 aliphatic heterocycles. The number of benzene rings is 1. The molecule has 0 aromatic heterocycles. The molecule has 1 aliphatic rings. The highest BCUT2D eigenvalue weighted by molar-refractivity contribution is 5.24. The lowest BCUT2D eigenvalue weighted by molar-refractivity contribution is 0.343. The lowest BCUT2D eigenvalue weighted by Gasteiger charge is -2.21. The summed E-state index contributed by atoms with van der Waals surface area (Å²) in [6.07, 6.45) is 8.39. The van der Waals surface area contributed by atoms with Crippen molar-refractivity contribution < 1.29 is 0 Å². The van der Waals surface area contributed by atoms with E-state index in [4.69, 9.17) is 0 Å². The van der Waals surface area contributed by atoms with Crippen molar-refractivity contribution in [3.8, 4) is 0 Å². The van der Waals surface area contributed by atoms with E-state index in [1.54, 1.807) is 0 Å². The van der Waals surface area contributed by atoms with Gasteiger partial charge in [0.2, 0.25) is 0 Å². The van der Waals surface area contributed by atoms with E-state index < -0.39 is 0 Å². The van der Waals surface area contributed by atoms with Gasteiger partial charge in [0.05, 0.1) is 0 Å². The summed E-state index contributed by atoms with van der Waals surface area (Å²) < 4.78 is 0.